The normalized spacial score (nSPS) is 11.8. The maximum Gasteiger partial charge on any atom is 0.418 e. The first-order valence-corrected chi connectivity index (χ1v) is 8.44. The van der Waals surface area contributed by atoms with Crippen LogP contribution in [0, 0.1) is 0 Å². The minimum absolute atomic E-state index is 0.243. The first-order chi connectivity index (χ1) is 13.8. The van der Waals surface area contributed by atoms with E-state index in [1.54, 1.807) is 24.3 Å². The van der Waals surface area contributed by atoms with Crippen molar-refractivity contribution < 1.29 is 27.2 Å². The van der Waals surface area contributed by atoms with E-state index in [4.69, 9.17) is 4.42 Å². The lowest BCUT2D eigenvalue weighted by Gasteiger charge is -2.15. The number of anilines is 1. The Labute approximate surface area is 163 Å². The van der Waals surface area contributed by atoms with Gasteiger partial charge >= 0.3 is 6.18 Å². The van der Waals surface area contributed by atoms with Gasteiger partial charge in [0.15, 0.2) is 0 Å². The molecular formula is C21H15F3N2O3. The molecule has 29 heavy (non-hydrogen) atoms. The summed E-state index contributed by atoms with van der Waals surface area (Å²) in [5.74, 6) is -1.28. The van der Waals surface area contributed by atoms with E-state index >= 15 is 0 Å². The van der Waals surface area contributed by atoms with Gasteiger partial charge in [-0.05, 0) is 36.4 Å². The second-order valence-corrected chi connectivity index (χ2v) is 5.89. The monoisotopic (exact) mass is 400 g/mol. The van der Waals surface area contributed by atoms with Gasteiger partial charge in [0.25, 0.3) is 11.8 Å². The highest BCUT2D eigenvalue weighted by Gasteiger charge is 2.33. The summed E-state index contributed by atoms with van der Waals surface area (Å²) in [5.41, 5.74) is -1.42. The van der Waals surface area contributed by atoms with Crippen molar-refractivity contribution in [1.29, 1.82) is 0 Å². The van der Waals surface area contributed by atoms with E-state index in [9.17, 15) is 22.8 Å². The summed E-state index contributed by atoms with van der Waals surface area (Å²) >= 11 is 0. The summed E-state index contributed by atoms with van der Waals surface area (Å²) < 4.78 is 44.7. The summed E-state index contributed by atoms with van der Waals surface area (Å²) in [6.45, 7) is 0. The molecule has 148 valence electrons. The number of nitrogens with one attached hydrogen (secondary N) is 2. The molecule has 2 N–H and O–H groups in total. The van der Waals surface area contributed by atoms with E-state index in [1.165, 1.54) is 42.7 Å². The summed E-state index contributed by atoms with van der Waals surface area (Å²) in [6.07, 6.45) is -2.06. The molecule has 0 atom stereocenters. The molecule has 0 fully saturated rings. The highest BCUT2D eigenvalue weighted by Crippen LogP contribution is 2.34. The van der Waals surface area contributed by atoms with E-state index in [0.29, 0.717) is 0 Å². The van der Waals surface area contributed by atoms with Crippen LogP contribution in [0.2, 0.25) is 0 Å². The van der Waals surface area contributed by atoms with Crippen molar-refractivity contribution in [2.24, 2.45) is 0 Å². The van der Waals surface area contributed by atoms with Gasteiger partial charge in [-0.1, -0.05) is 30.3 Å². The van der Waals surface area contributed by atoms with Crippen molar-refractivity contribution in [2.75, 3.05) is 5.32 Å². The lowest BCUT2D eigenvalue weighted by Crippen LogP contribution is -2.31. The Morgan fingerprint density at radius 2 is 1.59 bits per heavy atom. The molecule has 5 nitrogen and oxygen atoms in total. The van der Waals surface area contributed by atoms with Crippen LogP contribution in [-0.2, 0) is 11.0 Å². The standard InChI is InChI=1S/C21H15F3N2O3/c22-21(23,24)16-10-4-5-11-17(16)25-20(28)18(13-15-9-6-12-29-15)26-19(27)14-7-2-1-3-8-14/h1-13H,(H,25,28)(H,26,27). The number of halogens is 3. The predicted molar refractivity (Wildman–Crippen MR) is 101 cm³/mol. The lowest BCUT2D eigenvalue weighted by atomic mass is 10.1. The quantitative estimate of drug-likeness (QED) is 0.610. The SMILES string of the molecule is O=C(Nc1ccccc1C(F)(F)F)C(=Cc1ccco1)NC(=O)c1ccccc1. The van der Waals surface area contributed by atoms with Crippen molar-refractivity contribution in [3.05, 3.63) is 95.6 Å². The first kappa shape index (κ1) is 19.9. The average Bonchev–Trinajstić information content (AvgIpc) is 3.21. The van der Waals surface area contributed by atoms with Crippen LogP contribution >= 0.6 is 0 Å². The Morgan fingerprint density at radius 1 is 0.897 bits per heavy atom. The fraction of sp³-hybridized carbons (Fsp3) is 0.0476. The van der Waals surface area contributed by atoms with Crippen molar-refractivity contribution in [2.45, 2.75) is 6.18 Å². The molecule has 3 aromatic rings. The number of carbonyl (C=O) groups excluding carboxylic acids is 2. The van der Waals surface area contributed by atoms with Gasteiger partial charge < -0.3 is 15.1 Å². The molecular weight excluding hydrogens is 385 g/mol. The number of benzene rings is 2. The molecule has 0 saturated carbocycles. The molecule has 2 amide bonds. The van der Waals surface area contributed by atoms with E-state index in [0.717, 1.165) is 12.1 Å². The predicted octanol–water partition coefficient (Wildman–Crippen LogP) is 4.71. The third kappa shape index (κ3) is 5.13. The maximum absolute atomic E-state index is 13.2. The topological polar surface area (TPSA) is 71.3 Å². The summed E-state index contributed by atoms with van der Waals surface area (Å²) in [5, 5.41) is 4.62. The van der Waals surface area contributed by atoms with Crippen molar-refractivity contribution in [3.63, 3.8) is 0 Å². The Balaban J connectivity index is 1.89. The zero-order valence-electron chi connectivity index (χ0n) is 14.9. The van der Waals surface area contributed by atoms with Crippen LogP contribution in [0.1, 0.15) is 21.7 Å². The van der Waals surface area contributed by atoms with Crippen LogP contribution in [0.15, 0.2) is 83.1 Å². The Bertz CT molecular complexity index is 1030. The van der Waals surface area contributed by atoms with Gasteiger partial charge in [0.2, 0.25) is 0 Å². The number of furan rings is 1. The Morgan fingerprint density at radius 3 is 2.24 bits per heavy atom. The fourth-order valence-electron chi connectivity index (χ4n) is 2.49. The van der Waals surface area contributed by atoms with Crippen LogP contribution < -0.4 is 10.6 Å². The van der Waals surface area contributed by atoms with E-state index in [1.807, 2.05) is 0 Å². The van der Waals surface area contributed by atoms with Crippen LogP contribution in [-0.4, -0.2) is 11.8 Å². The molecule has 0 saturated heterocycles. The molecule has 3 rings (SSSR count). The summed E-state index contributed by atoms with van der Waals surface area (Å²) in [6, 6.07) is 15.8. The maximum atomic E-state index is 13.2. The third-order valence-corrected chi connectivity index (χ3v) is 3.84. The number of hydrogen-bond acceptors (Lipinski definition) is 3. The molecule has 0 aliphatic heterocycles. The van der Waals surface area contributed by atoms with Crippen LogP contribution in [0.4, 0.5) is 18.9 Å². The number of rotatable bonds is 5. The Kier molecular flexibility index (Phi) is 5.82. The van der Waals surface area contributed by atoms with Gasteiger partial charge in [-0.2, -0.15) is 13.2 Å². The second kappa shape index (κ2) is 8.47. The minimum atomic E-state index is -4.65. The van der Waals surface area contributed by atoms with Gasteiger partial charge in [0.05, 0.1) is 17.5 Å². The van der Waals surface area contributed by atoms with Gasteiger partial charge in [-0.25, -0.2) is 0 Å². The van der Waals surface area contributed by atoms with Crippen molar-refractivity contribution in [3.8, 4) is 0 Å². The average molecular weight is 400 g/mol. The van der Waals surface area contributed by atoms with Gasteiger partial charge in [0.1, 0.15) is 11.5 Å². The molecule has 0 radical (unpaired) electrons. The molecule has 0 aliphatic carbocycles. The van der Waals surface area contributed by atoms with Crippen LogP contribution in [0.3, 0.4) is 0 Å². The van der Waals surface area contributed by atoms with Gasteiger partial charge in [-0.15, -0.1) is 0 Å². The first-order valence-electron chi connectivity index (χ1n) is 8.44. The number of hydrogen-bond donors (Lipinski definition) is 2. The number of amides is 2. The lowest BCUT2D eigenvalue weighted by molar-refractivity contribution is -0.137. The van der Waals surface area contributed by atoms with Crippen molar-refractivity contribution >= 4 is 23.6 Å². The van der Waals surface area contributed by atoms with Gasteiger partial charge in [-0.3, -0.25) is 9.59 Å². The highest BCUT2D eigenvalue weighted by molar-refractivity contribution is 6.10. The summed E-state index contributed by atoms with van der Waals surface area (Å²) in [4.78, 5) is 25.1. The van der Waals surface area contributed by atoms with E-state index in [-0.39, 0.29) is 17.0 Å². The van der Waals surface area contributed by atoms with Crippen LogP contribution in [0.5, 0.6) is 0 Å². The Hall–Kier alpha value is -3.81. The molecule has 2 aromatic carbocycles. The minimum Gasteiger partial charge on any atom is -0.465 e. The summed E-state index contributed by atoms with van der Waals surface area (Å²) in [7, 11) is 0. The molecule has 1 heterocycles. The third-order valence-electron chi connectivity index (χ3n) is 3.84. The zero-order chi connectivity index (χ0) is 20.9. The molecule has 0 spiro atoms. The zero-order valence-corrected chi connectivity index (χ0v) is 14.9. The fourth-order valence-corrected chi connectivity index (χ4v) is 2.49. The second-order valence-electron chi connectivity index (χ2n) is 5.89. The molecule has 8 heteroatoms. The van der Waals surface area contributed by atoms with E-state index in [2.05, 4.69) is 10.6 Å². The number of alkyl halides is 3. The van der Waals surface area contributed by atoms with Crippen molar-refractivity contribution in [1.82, 2.24) is 5.32 Å². The highest BCUT2D eigenvalue weighted by atomic mass is 19.4. The smallest absolute Gasteiger partial charge is 0.418 e. The molecule has 0 unspecified atom stereocenters. The molecule has 0 aliphatic rings. The largest absolute Gasteiger partial charge is 0.465 e. The molecule has 0 bridgehead atoms. The molecule has 1 aromatic heterocycles. The number of carbonyl (C=O) groups is 2. The van der Waals surface area contributed by atoms with Gasteiger partial charge in [0, 0.05) is 11.6 Å². The number of para-hydroxylation sites is 1. The van der Waals surface area contributed by atoms with Crippen LogP contribution in [0.25, 0.3) is 6.08 Å². The van der Waals surface area contributed by atoms with E-state index < -0.39 is 29.2 Å².